The zero-order valence-corrected chi connectivity index (χ0v) is 13.2. The van der Waals surface area contributed by atoms with Crippen LogP contribution in [0.3, 0.4) is 0 Å². The molecule has 3 rings (SSSR count). The van der Waals surface area contributed by atoms with Crippen LogP contribution in [0.5, 0.6) is 0 Å². The number of thiophene rings is 1. The van der Waals surface area contributed by atoms with Gasteiger partial charge in [0.1, 0.15) is 0 Å². The lowest BCUT2D eigenvalue weighted by atomic mass is 10.2. The van der Waals surface area contributed by atoms with Crippen LogP contribution in [0, 0.1) is 0 Å². The standard InChI is InChI=1S/C15H22N2O3S/c1-11(18)9-16-3-5-17(6-4-16)15(19)14-8-12-10-20-7-2-13(12)21-14/h8,11,18H,2-7,9-10H2,1H3. The summed E-state index contributed by atoms with van der Waals surface area (Å²) in [6.45, 7) is 7.05. The molecule has 1 amide bonds. The molecule has 0 bridgehead atoms. The lowest BCUT2D eigenvalue weighted by Crippen LogP contribution is -2.50. The quantitative estimate of drug-likeness (QED) is 0.903. The van der Waals surface area contributed by atoms with Crippen LogP contribution >= 0.6 is 11.3 Å². The molecular formula is C15H22N2O3S. The van der Waals surface area contributed by atoms with Crippen molar-refractivity contribution in [1.29, 1.82) is 0 Å². The van der Waals surface area contributed by atoms with Crippen molar-refractivity contribution < 1.29 is 14.6 Å². The molecule has 0 spiro atoms. The minimum absolute atomic E-state index is 0.145. The van der Waals surface area contributed by atoms with Crippen LogP contribution in [0.15, 0.2) is 6.07 Å². The van der Waals surface area contributed by atoms with Gasteiger partial charge in [-0.3, -0.25) is 9.69 Å². The first kappa shape index (κ1) is 15.0. The number of fused-ring (bicyclic) bond motifs is 1. The molecule has 1 aromatic rings. The van der Waals surface area contributed by atoms with Crippen LogP contribution < -0.4 is 0 Å². The lowest BCUT2D eigenvalue weighted by molar-refractivity contribution is 0.0558. The molecule has 1 saturated heterocycles. The van der Waals surface area contributed by atoms with Gasteiger partial charge in [-0.1, -0.05) is 0 Å². The second kappa shape index (κ2) is 6.44. The average molecular weight is 310 g/mol. The van der Waals surface area contributed by atoms with Gasteiger partial charge in [0.05, 0.1) is 24.2 Å². The van der Waals surface area contributed by atoms with Crippen LogP contribution in [0.1, 0.15) is 27.0 Å². The van der Waals surface area contributed by atoms with Crippen molar-refractivity contribution in [2.24, 2.45) is 0 Å². The fourth-order valence-corrected chi connectivity index (χ4v) is 4.03. The van der Waals surface area contributed by atoms with Gasteiger partial charge < -0.3 is 14.7 Å². The number of aliphatic hydroxyl groups excluding tert-OH is 1. The Bertz CT molecular complexity index is 484. The molecule has 1 aromatic heterocycles. The van der Waals surface area contributed by atoms with Crippen molar-refractivity contribution in [3.8, 4) is 0 Å². The number of piperazine rings is 1. The Kier molecular flexibility index (Phi) is 4.59. The van der Waals surface area contributed by atoms with E-state index in [0.29, 0.717) is 13.2 Å². The molecule has 116 valence electrons. The van der Waals surface area contributed by atoms with E-state index < -0.39 is 0 Å². The molecule has 3 heterocycles. The average Bonchev–Trinajstić information content (AvgIpc) is 2.90. The Morgan fingerprint density at radius 2 is 2.19 bits per heavy atom. The van der Waals surface area contributed by atoms with Crippen molar-refractivity contribution in [2.75, 3.05) is 39.3 Å². The van der Waals surface area contributed by atoms with Crippen molar-refractivity contribution in [2.45, 2.75) is 26.1 Å². The van der Waals surface area contributed by atoms with Crippen LogP contribution in [0.4, 0.5) is 0 Å². The molecule has 0 radical (unpaired) electrons. The van der Waals surface area contributed by atoms with Gasteiger partial charge in [-0.05, 0) is 18.6 Å². The summed E-state index contributed by atoms with van der Waals surface area (Å²) in [6, 6.07) is 2.00. The third kappa shape index (κ3) is 3.45. The predicted molar refractivity (Wildman–Crippen MR) is 81.7 cm³/mol. The maximum atomic E-state index is 12.6. The second-order valence-corrected chi connectivity index (χ2v) is 6.94. The van der Waals surface area contributed by atoms with Crippen LogP contribution in [0.25, 0.3) is 0 Å². The topological polar surface area (TPSA) is 53.0 Å². The highest BCUT2D eigenvalue weighted by Gasteiger charge is 2.25. The fraction of sp³-hybridized carbons (Fsp3) is 0.667. The highest BCUT2D eigenvalue weighted by Crippen LogP contribution is 2.28. The number of carbonyl (C=O) groups is 1. The molecule has 1 fully saturated rings. The summed E-state index contributed by atoms with van der Waals surface area (Å²) >= 11 is 1.62. The van der Waals surface area contributed by atoms with E-state index in [1.807, 2.05) is 11.0 Å². The first-order chi connectivity index (χ1) is 10.1. The second-order valence-electron chi connectivity index (χ2n) is 5.80. The van der Waals surface area contributed by atoms with Crippen molar-refractivity contribution in [1.82, 2.24) is 9.80 Å². The van der Waals surface area contributed by atoms with E-state index in [1.165, 1.54) is 10.4 Å². The number of aliphatic hydroxyl groups is 1. The van der Waals surface area contributed by atoms with Gasteiger partial charge in [-0.2, -0.15) is 0 Å². The summed E-state index contributed by atoms with van der Waals surface area (Å²) in [5.74, 6) is 0.145. The van der Waals surface area contributed by atoms with E-state index in [0.717, 1.165) is 44.1 Å². The Morgan fingerprint density at radius 1 is 1.43 bits per heavy atom. The number of hydrogen-bond donors (Lipinski definition) is 1. The Labute approximate surface area is 129 Å². The molecule has 0 aliphatic carbocycles. The summed E-state index contributed by atoms with van der Waals surface area (Å²) < 4.78 is 5.44. The highest BCUT2D eigenvalue weighted by molar-refractivity contribution is 7.14. The monoisotopic (exact) mass is 310 g/mol. The first-order valence-corrected chi connectivity index (χ1v) is 8.34. The van der Waals surface area contributed by atoms with Gasteiger partial charge >= 0.3 is 0 Å². The molecule has 0 aromatic carbocycles. The van der Waals surface area contributed by atoms with E-state index >= 15 is 0 Å². The minimum atomic E-state index is -0.309. The Balaban J connectivity index is 1.60. The molecule has 1 N–H and O–H groups in total. The molecule has 5 nitrogen and oxygen atoms in total. The third-order valence-corrected chi connectivity index (χ3v) is 5.25. The summed E-state index contributed by atoms with van der Waals surface area (Å²) in [5, 5.41) is 9.42. The first-order valence-electron chi connectivity index (χ1n) is 7.52. The molecule has 2 aliphatic heterocycles. The summed E-state index contributed by atoms with van der Waals surface area (Å²) in [5.41, 5.74) is 1.18. The zero-order valence-electron chi connectivity index (χ0n) is 12.4. The maximum absolute atomic E-state index is 12.6. The number of β-amino-alcohol motifs (C(OH)–C–C–N with tert-alkyl or cyclic N) is 1. The highest BCUT2D eigenvalue weighted by atomic mass is 32.1. The van der Waals surface area contributed by atoms with Crippen molar-refractivity contribution >= 4 is 17.2 Å². The smallest absolute Gasteiger partial charge is 0.264 e. The van der Waals surface area contributed by atoms with Crippen LogP contribution in [0.2, 0.25) is 0 Å². The van der Waals surface area contributed by atoms with E-state index in [1.54, 1.807) is 18.3 Å². The number of hydrogen-bond acceptors (Lipinski definition) is 5. The van der Waals surface area contributed by atoms with Crippen molar-refractivity contribution in [3.63, 3.8) is 0 Å². The number of amides is 1. The SMILES string of the molecule is CC(O)CN1CCN(C(=O)c2cc3c(s2)CCOC3)CC1. The largest absolute Gasteiger partial charge is 0.392 e. The summed E-state index contributed by atoms with van der Waals surface area (Å²) in [4.78, 5) is 18.9. The molecule has 1 atom stereocenters. The van der Waals surface area contributed by atoms with Gasteiger partial charge in [-0.15, -0.1) is 11.3 Å². The number of ether oxygens (including phenoxy) is 1. The van der Waals surface area contributed by atoms with Gasteiger partial charge in [0, 0.05) is 44.0 Å². The number of rotatable bonds is 3. The van der Waals surface area contributed by atoms with Crippen molar-refractivity contribution in [3.05, 3.63) is 21.4 Å². The zero-order chi connectivity index (χ0) is 14.8. The Morgan fingerprint density at radius 3 is 2.86 bits per heavy atom. The van der Waals surface area contributed by atoms with E-state index in [-0.39, 0.29) is 12.0 Å². The summed E-state index contributed by atoms with van der Waals surface area (Å²) in [6.07, 6.45) is 0.617. The molecule has 21 heavy (non-hydrogen) atoms. The fourth-order valence-electron chi connectivity index (χ4n) is 2.92. The van der Waals surface area contributed by atoms with Gasteiger partial charge in [0.25, 0.3) is 5.91 Å². The molecular weight excluding hydrogens is 288 g/mol. The normalized spacial score (nSPS) is 21.1. The van der Waals surface area contributed by atoms with Crippen LogP contribution in [-0.4, -0.2) is 66.2 Å². The van der Waals surface area contributed by atoms with Gasteiger partial charge in [-0.25, -0.2) is 0 Å². The minimum Gasteiger partial charge on any atom is -0.392 e. The molecule has 6 heteroatoms. The maximum Gasteiger partial charge on any atom is 0.264 e. The Hall–Kier alpha value is -0.950. The third-order valence-electron chi connectivity index (χ3n) is 4.02. The van der Waals surface area contributed by atoms with E-state index in [9.17, 15) is 9.90 Å². The molecule has 1 unspecified atom stereocenters. The summed E-state index contributed by atoms with van der Waals surface area (Å²) in [7, 11) is 0. The molecule has 0 saturated carbocycles. The van der Waals surface area contributed by atoms with E-state index in [2.05, 4.69) is 4.90 Å². The lowest BCUT2D eigenvalue weighted by Gasteiger charge is -2.35. The van der Waals surface area contributed by atoms with Gasteiger partial charge in [0.15, 0.2) is 0 Å². The number of nitrogens with zero attached hydrogens (tertiary/aromatic N) is 2. The predicted octanol–water partition coefficient (Wildman–Crippen LogP) is 0.959. The van der Waals surface area contributed by atoms with E-state index in [4.69, 9.17) is 4.74 Å². The molecule has 2 aliphatic rings. The number of carbonyl (C=O) groups excluding carboxylic acids is 1. The van der Waals surface area contributed by atoms with Crippen LogP contribution in [-0.2, 0) is 17.8 Å². The van der Waals surface area contributed by atoms with Gasteiger partial charge in [0.2, 0.25) is 0 Å².